The highest BCUT2D eigenvalue weighted by molar-refractivity contribution is 5.36. The van der Waals surface area contributed by atoms with Gasteiger partial charge < -0.3 is 15.2 Å². The minimum atomic E-state index is 0.399. The molecule has 0 bridgehead atoms. The average molecular weight is 244 g/mol. The SMILES string of the molecule is CCOc1cccc(Oc2ccnc(CN)c2)c1. The van der Waals surface area contributed by atoms with Crippen LogP contribution in [-0.2, 0) is 6.54 Å². The van der Waals surface area contributed by atoms with Crippen molar-refractivity contribution < 1.29 is 9.47 Å². The summed E-state index contributed by atoms with van der Waals surface area (Å²) >= 11 is 0. The average Bonchev–Trinajstić information content (AvgIpc) is 2.40. The van der Waals surface area contributed by atoms with Gasteiger partial charge in [-0.05, 0) is 25.1 Å². The maximum atomic E-state index is 5.73. The number of benzene rings is 1. The molecule has 0 amide bonds. The third-order valence-electron chi connectivity index (χ3n) is 2.35. The van der Waals surface area contributed by atoms with Crippen LogP contribution in [0.3, 0.4) is 0 Å². The van der Waals surface area contributed by atoms with Gasteiger partial charge in [0, 0.05) is 24.9 Å². The Kier molecular flexibility index (Phi) is 4.15. The van der Waals surface area contributed by atoms with E-state index in [1.165, 1.54) is 0 Å². The third-order valence-corrected chi connectivity index (χ3v) is 2.35. The number of hydrogen-bond donors (Lipinski definition) is 1. The Morgan fingerprint density at radius 1 is 1.11 bits per heavy atom. The van der Waals surface area contributed by atoms with Crippen molar-refractivity contribution in [2.45, 2.75) is 13.5 Å². The predicted molar refractivity (Wildman–Crippen MR) is 69.8 cm³/mol. The second-order valence-corrected chi connectivity index (χ2v) is 3.70. The van der Waals surface area contributed by atoms with Crippen LogP contribution in [0, 0.1) is 0 Å². The predicted octanol–water partition coefficient (Wildman–Crippen LogP) is 2.73. The first-order valence-electron chi connectivity index (χ1n) is 5.87. The maximum absolute atomic E-state index is 5.73. The van der Waals surface area contributed by atoms with Crippen LogP contribution in [-0.4, -0.2) is 11.6 Å². The smallest absolute Gasteiger partial charge is 0.131 e. The first kappa shape index (κ1) is 12.4. The Morgan fingerprint density at radius 3 is 2.67 bits per heavy atom. The number of pyridine rings is 1. The molecule has 0 radical (unpaired) electrons. The molecular weight excluding hydrogens is 228 g/mol. The van der Waals surface area contributed by atoms with Crippen LogP contribution in [0.2, 0.25) is 0 Å². The number of rotatable bonds is 5. The first-order valence-corrected chi connectivity index (χ1v) is 5.87. The van der Waals surface area contributed by atoms with Crippen LogP contribution in [0.4, 0.5) is 0 Å². The molecule has 1 aromatic heterocycles. The summed E-state index contributed by atoms with van der Waals surface area (Å²) in [6.45, 7) is 2.98. The molecule has 4 nitrogen and oxygen atoms in total. The molecule has 0 atom stereocenters. The van der Waals surface area contributed by atoms with Crippen LogP contribution in [0.25, 0.3) is 0 Å². The molecule has 0 saturated heterocycles. The van der Waals surface area contributed by atoms with Gasteiger partial charge in [0.05, 0.1) is 12.3 Å². The standard InChI is InChI=1S/C14H16N2O2/c1-2-17-12-4-3-5-13(9-12)18-14-6-7-16-11(8-14)10-15/h3-9H,2,10,15H2,1H3. The fourth-order valence-electron chi connectivity index (χ4n) is 1.56. The summed E-state index contributed by atoms with van der Waals surface area (Å²) in [6.07, 6.45) is 1.68. The largest absolute Gasteiger partial charge is 0.494 e. The fraction of sp³-hybridized carbons (Fsp3) is 0.214. The monoisotopic (exact) mass is 244 g/mol. The molecule has 4 heteroatoms. The van der Waals surface area contributed by atoms with Crippen LogP contribution >= 0.6 is 0 Å². The molecule has 0 aliphatic rings. The zero-order valence-electron chi connectivity index (χ0n) is 10.3. The summed E-state index contributed by atoms with van der Waals surface area (Å²) in [5, 5.41) is 0. The number of nitrogens with two attached hydrogens (primary N) is 1. The topological polar surface area (TPSA) is 57.4 Å². The molecule has 0 aliphatic carbocycles. The van der Waals surface area contributed by atoms with Gasteiger partial charge in [0.15, 0.2) is 0 Å². The van der Waals surface area contributed by atoms with Crippen molar-refractivity contribution in [1.82, 2.24) is 4.98 Å². The molecule has 0 fully saturated rings. The van der Waals surface area contributed by atoms with Gasteiger partial charge in [-0.25, -0.2) is 0 Å². The Balaban J connectivity index is 2.14. The molecular formula is C14H16N2O2. The Bertz CT molecular complexity index is 515. The quantitative estimate of drug-likeness (QED) is 0.878. The maximum Gasteiger partial charge on any atom is 0.131 e. The molecule has 0 saturated carbocycles. The van der Waals surface area contributed by atoms with Crippen molar-refractivity contribution in [3.8, 4) is 17.2 Å². The van der Waals surface area contributed by atoms with Crippen molar-refractivity contribution >= 4 is 0 Å². The summed E-state index contributed by atoms with van der Waals surface area (Å²) in [5.74, 6) is 2.25. The normalized spacial score (nSPS) is 10.1. The van der Waals surface area contributed by atoms with E-state index in [0.29, 0.717) is 13.2 Å². The fourth-order valence-corrected chi connectivity index (χ4v) is 1.56. The lowest BCUT2D eigenvalue weighted by Gasteiger charge is -2.08. The number of hydrogen-bond acceptors (Lipinski definition) is 4. The first-order chi connectivity index (χ1) is 8.81. The minimum absolute atomic E-state index is 0.399. The van der Waals surface area contributed by atoms with Gasteiger partial charge in [0.25, 0.3) is 0 Å². The summed E-state index contributed by atoms with van der Waals surface area (Å²) in [6, 6.07) is 11.1. The molecule has 1 heterocycles. The Hall–Kier alpha value is -2.07. The number of aromatic nitrogens is 1. The van der Waals surface area contributed by atoms with Gasteiger partial charge in [-0.3, -0.25) is 4.98 Å². The summed E-state index contributed by atoms with van der Waals surface area (Å²) in [7, 11) is 0. The molecule has 0 unspecified atom stereocenters. The van der Waals surface area contributed by atoms with E-state index in [1.807, 2.05) is 37.3 Å². The number of nitrogens with zero attached hydrogens (tertiary/aromatic N) is 1. The van der Waals surface area contributed by atoms with E-state index >= 15 is 0 Å². The van der Waals surface area contributed by atoms with E-state index in [-0.39, 0.29) is 0 Å². The molecule has 94 valence electrons. The van der Waals surface area contributed by atoms with E-state index in [9.17, 15) is 0 Å². The van der Waals surface area contributed by atoms with E-state index < -0.39 is 0 Å². The van der Waals surface area contributed by atoms with Gasteiger partial charge in [0.2, 0.25) is 0 Å². The van der Waals surface area contributed by atoms with E-state index in [2.05, 4.69) is 4.98 Å². The van der Waals surface area contributed by atoms with E-state index in [4.69, 9.17) is 15.2 Å². The van der Waals surface area contributed by atoms with E-state index in [0.717, 1.165) is 22.9 Å². The summed E-state index contributed by atoms with van der Waals surface area (Å²) in [5.41, 5.74) is 6.34. The molecule has 2 rings (SSSR count). The van der Waals surface area contributed by atoms with Crippen molar-refractivity contribution in [3.05, 3.63) is 48.3 Å². The molecule has 1 aromatic carbocycles. The lowest BCUT2D eigenvalue weighted by atomic mass is 10.3. The van der Waals surface area contributed by atoms with Crippen LogP contribution in [0.15, 0.2) is 42.6 Å². The Morgan fingerprint density at radius 2 is 1.89 bits per heavy atom. The summed E-state index contributed by atoms with van der Waals surface area (Å²) in [4.78, 5) is 4.12. The second-order valence-electron chi connectivity index (χ2n) is 3.70. The van der Waals surface area contributed by atoms with Crippen molar-refractivity contribution in [3.63, 3.8) is 0 Å². The molecule has 0 spiro atoms. The number of ether oxygens (including phenoxy) is 2. The van der Waals surface area contributed by atoms with Gasteiger partial charge in [-0.2, -0.15) is 0 Å². The molecule has 2 aromatic rings. The third kappa shape index (κ3) is 3.21. The van der Waals surface area contributed by atoms with Crippen molar-refractivity contribution in [1.29, 1.82) is 0 Å². The zero-order chi connectivity index (χ0) is 12.8. The second kappa shape index (κ2) is 6.02. The van der Waals surface area contributed by atoms with Gasteiger partial charge >= 0.3 is 0 Å². The van der Waals surface area contributed by atoms with Crippen LogP contribution in [0.5, 0.6) is 17.2 Å². The van der Waals surface area contributed by atoms with E-state index in [1.54, 1.807) is 12.3 Å². The lowest BCUT2D eigenvalue weighted by Crippen LogP contribution is -1.99. The lowest BCUT2D eigenvalue weighted by molar-refractivity contribution is 0.338. The van der Waals surface area contributed by atoms with Crippen molar-refractivity contribution in [2.24, 2.45) is 5.73 Å². The molecule has 0 aliphatic heterocycles. The highest BCUT2D eigenvalue weighted by Crippen LogP contribution is 2.25. The van der Waals surface area contributed by atoms with Gasteiger partial charge in [0.1, 0.15) is 17.2 Å². The molecule has 18 heavy (non-hydrogen) atoms. The Labute approximate surface area is 106 Å². The highest BCUT2D eigenvalue weighted by atomic mass is 16.5. The highest BCUT2D eigenvalue weighted by Gasteiger charge is 2.01. The molecule has 2 N–H and O–H groups in total. The van der Waals surface area contributed by atoms with Gasteiger partial charge in [-0.15, -0.1) is 0 Å². The van der Waals surface area contributed by atoms with Crippen LogP contribution in [0.1, 0.15) is 12.6 Å². The van der Waals surface area contributed by atoms with Gasteiger partial charge in [-0.1, -0.05) is 6.07 Å². The minimum Gasteiger partial charge on any atom is -0.494 e. The van der Waals surface area contributed by atoms with Crippen molar-refractivity contribution in [2.75, 3.05) is 6.61 Å². The summed E-state index contributed by atoms with van der Waals surface area (Å²) < 4.78 is 11.1. The van der Waals surface area contributed by atoms with Crippen LogP contribution < -0.4 is 15.2 Å². The zero-order valence-corrected chi connectivity index (χ0v) is 10.3.